The van der Waals surface area contributed by atoms with Crippen LogP contribution in [0.15, 0.2) is 18.2 Å². The number of nitro benzene ring substituents is 1. The summed E-state index contributed by atoms with van der Waals surface area (Å²) in [6.45, 7) is 4.31. The van der Waals surface area contributed by atoms with Gasteiger partial charge in [-0.3, -0.25) is 14.9 Å². The van der Waals surface area contributed by atoms with Gasteiger partial charge in [-0.15, -0.1) is 0 Å². The topological polar surface area (TPSA) is 72.2 Å². The molecule has 0 aromatic heterocycles. The van der Waals surface area contributed by atoms with Gasteiger partial charge in [-0.25, -0.2) is 0 Å². The fourth-order valence-electron chi connectivity index (χ4n) is 2.03. The zero-order valence-electron chi connectivity index (χ0n) is 11.7. The van der Waals surface area contributed by atoms with E-state index in [0.717, 1.165) is 18.2 Å². The third-order valence-corrected chi connectivity index (χ3v) is 3.78. The first-order valence-electron chi connectivity index (χ1n) is 6.59. The van der Waals surface area contributed by atoms with Gasteiger partial charge in [0.15, 0.2) is 0 Å². The highest BCUT2D eigenvalue weighted by Gasteiger charge is 2.22. The average Bonchev–Trinajstić information content (AvgIpc) is 2.42. The standard InChI is InChI=1S/C14H19BrN2O3/c1-3-11(7-8-15)9-16-14(18)13-10(2)5-4-6-12(13)17(19)20/h4-6,11H,3,7-9H2,1-2H3,(H,16,18). The molecule has 0 fully saturated rings. The van der Waals surface area contributed by atoms with E-state index < -0.39 is 4.92 Å². The molecule has 20 heavy (non-hydrogen) atoms. The van der Waals surface area contributed by atoms with Crippen LogP contribution in [0.2, 0.25) is 0 Å². The highest BCUT2D eigenvalue weighted by molar-refractivity contribution is 9.09. The fourth-order valence-corrected chi connectivity index (χ4v) is 2.68. The molecule has 110 valence electrons. The van der Waals surface area contributed by atoms with Crippen LogP contribution in [-0.2, 0) is 0 Å². The number of benzene rings is 1. The Bertz CT molecular complexity index is 491. The first-order chi connectivity index (χ1) is 9.51. The second kappa shape index (κ2) is 7.99. The first kappa shape index (κ1) is 16.6. The molecule has 5 nitrogen and oxygen atoms in total. The molecule has 0 saturated carbocycles. The molecule has 0 aliphatic heterocycles. The molecule has 0 bridgehead atoms. The van der Waals surface area contributed by atoms with Gasteiger partial charge in [0.05, 0.1) is 4.92 Å². The van der Waals surface area contributed by atoms with Crippen molar-refractivity contribution in [3.8, 4) is 0 Å². The van der Waals surface area contributed by atoms with Gasteiger partial charge in [0.2, 0.25) is 0 Å². The first-order valence-corrected chi connectivity index (χ1v) is 7.71. The SMILES string of the molecule is CCC(CCBr)CNC(=O)c1c(C)cccc1[N+](=O)[O-]. The molecule has 0 radical (unpaired) electrons. The Labute approximate surface area is 127 Å². The normalized spacial score (nSPS) is 11.9. The van der Waals surface area contributed by atoms with Gasteiger partial charge in [-0.1, -0.05) is 41.4 Å². The van der Waals surface area contributed by atoms with E-state index in [1.165, 1.54) is 6.07 Å². The van der Waals surface area contributed by atoms with Crippen LogP contribution < -0.4 is 5.32 Å². The predicted octanol–water partition coefficient (Wildman–Crippen LogP) is 3.44. The number of halogens is 1. The number of carbonyl (C=O) groups excluding carboxylic acids is 1. The molecule has 1 aromatic rings. The lowest BCUT2D eigenvalue weighted by Gasteiger charge is -2.15. The zero-order valence-corrected chi connectivity index (χ0v) is 13.3. The molecule has 1 rings (SSSR count). The summed E-state index contributed by atoms with van der Waals surface area (Å²) in [4.78, 5) is 22.7. The Balaban J connectivity index is 2.85. The molecule has 1 aromatic carbocycles. The summed E-state index contributed by atoms with van der Waals surface area (Å²) in [5, 5.41) is 14.7. The van der Waals surface area contributed by atoms with Crippen molar-refractivity contribution in [2.24, 2.45) is 5.92 Å². The number of nitro groups is 1. The summed E-state index contributed by atoms with van der Waals surface area (Å²) < 4.78 is 0. The van der Waals surface area contributed by atoms with Gasteiger partial charge in [-0.2, -0.15) is 0 Å². The van der Waals surface area contributed by atoms with Crippen LogP contribution in [0.5, 0.6) is 0 Å². The fraction of sp³-hybridized carbons (Fsp3) is 0.500. The number of amides is 1. The highest BCUT2D eigenvalue weighted by atomic mass is 79.9. The lowest BCUT2D eigenvalue weighted by molar-refractivity contribution is -0.385. The Morgan fingerprint density at radius 3 is 2.75 bits per heavy atom. The predicted molar refractivity (Wildman–Crippen MR) is 82.4 cm³/mol. The van der Waals surface area contributed by atoms with E-state index in [4.69, 9.17) is 0 Å². The number of rotatable bonds is 7. The van der Waals surface area contributed by atoms with Crippen LogP contribution in [0.4, 0.5) is 5.69 Å². The van der Waals surface area contributed by atoms with Crippen LogP contribution >= 0.6 is 15.9 Å². The molecular weight excluding hydrogens is 324 g/mol. The van der Waals surface area contributed by atoms with Crippen molar-refractivity contribution >= 4 is 27.5 Å². The lowest BCUT2D eigenvalue weighted by Crippen LogP contribution is -2.30. The van der Waals surface area contributed by atoms with Gasteiger partial charge in [0.25, 0.3) is 11.6 Å². The smallest absolute Gasteiger partial charge is 0.282 e. The van der Waals surface area contributed by atoms with Crippen molar-refractivity contribution in [3.63, 3.8) is 0 Å². The Hall–Kier alpha value is -1.43. The van der Waals surface area contributed by atoms with Crippen molar-refractivity contribution in [1.82, 2.24) is 5.32 Å². The minimum absolute atomic E-state index is 0.143. The third kappa shape index (κ3) is 4.30. The quantitative estimate of drug-likeness (QED) is 0.468. The molecule has 1 atom stereocenters. The molecule has 1 N–H and O–H groups in total. The number of carbonyl (C=O) groups is 1. The Morgan fingerprint density at radius 2 is 2.20 bits per heavy atom. The van der Waals surface area contributed by atoms with E-state index in [1.807, 2.05) is 0 Å². The van der Waals surface area contributed by atoms with Gasteiger partial charge in [0, 0.05) is 17.9 Å². The summed E-state index contributed by atoms with van der Waals surface area (Å²) in [6, 6.07) is 4.65. The third-order valence-electron chi connectivity index (χ3n) is 3.32. The van der Waals surface area contributed by atoms with Crippen molar-refractivity contribution in [3.05, 3.63) is 39.4 Å². The minimum atomic E-state index is -0.516. The maximum atomic E-state index is 12.2. The van der Waals surface area contributed by atoms with Gasteiger partial charge < -0.3 is 5.32 Å². The molecule has 1 unspecified atom stereocenters. The van der Waals surface area contributed by atoms with E-state index in [9.17, 15) is 14.9 Å². The monoisotopic (exact) mass is 342 g/mol. The van der Waals surface area contributed by atoms with Crippen LogP contribution in [0, 0.1) is 23.0 Å². The van der Waals surface area contributed by atoms with Crippen molar-refractivity contribution in [2.75, 3.05) is 11.9 Å². The average molecular weight is 343 g/mol. The summed E-state index contributed by atoms with van der Waals surface area (Å²) in [5.74, 6) is 0.00391. The van der Waals surface area contributed by atoms with E-state index in [0.29, 0.717) is 18.0 Å². The van der Waals surface area contributed by atoms with Gasteiger partial charge in [-0.05, 0) is 24.8 Å². The number of nitrogens with zero attached hydrogens (tertiary/aromatic N) is 1. The number of hydrogen-bond donors (Lipinski definition) is 1. The van der Waals surface area contributed by atoms with Crippen molar-refractivity contribution in [1.29, 1.82) is 0 Å². The number of hydrogen-bond acceptors (Lipinski definition) is 3. The molecule has 1 amide bonds. The van der Waals surface area contributed by atoms with E-state index in [1.54, 1.807) is 19.1 Å². The maximum Gasteiger partial charge on any atom is 0.282 e. The minimum Gasteiger partial charge on any atom is -0.352 e. The highest BCUT2D eigenvalue weighted by Crippen LogP contribution is 2.21. The Morgan fingerprint density at radius 1 is 1.50 bits per heavy atom. The molecule has 0 saturated heterocycles. The second-order valence-electron chi connectivity index (χ2n) is 4.69. The number of aryl methyl sites for hydroxylation is 1. The van der Waals surface area contributed by atoms with Crippen molar-refractivity contribution < 1.29 is 9.72 Å². The second-order valence-corrected chi connectivity index (χ2v) is 5.48. The maximum absolute atomic E-state index is 12.2. The molecule has 0 spiro atoms. The van der Waals surface area contributed by atoms with Crippen LogP contribution in [0.1, 0.15) is 35.7 Å². The summed E-state index contributed by atoms with van der Waals surface area (Å²) in [6.07, 6.45) is 1.92. The Kier molecular flexibility index (Phi) is 6.64. The van der Waals surface area contributed by atoms with Crippen LogP contribution in [-0.4, -0.2) is 22.7 Å². The summed E-state index contributed by atoms with van der Waals surface area (Å²) >= 11 is 3.38. The van der Waals surface area contributed by atoms with Gasteiger partial charge in [0.1, 0.15) is 5.56 Å². The summed E-state index contributed by atoms with van der Waals surface area (Å²) in [7, 11) is 0. The van der Waals surface area contributed by atoms with Crippen LogP contribution in [0.3, 0.4) is 0 Å². The molecule has 6 heteroatoms. The van der Waals surface area contributed by atoms with Crippen LogP contribution in [0.25, 0.3) is 0 Å². The number of alkyl halides is 1. The molecular formula is C14H19BrN2O3. The van der Waals surface area contributed by atoms with E-state index in [-0.39, 0.29) is 17.2 Å². The lowest BCUT2D eigenvalue weighted by atomic mass is 10.0. The molecule has 0 aliphatic carbocycles. The summed E-state index contributed by atoms with van der Waals surface area (Å²) in [5.41, 5.74) is 0.632. The largest absolute Gasteiger partial charge is 0.352 e. The zero-order chi connectivity index (χ0) is 15.1. The van der Waals surface area contributed by atoms with Crippen molar-refractivity contribution in [2.45, 2.75) is 26.7 Å². The number of nitrogens with one attached hydrogen (secondary N) is 1. The van der Waals surface area contributed by atoms with Gasteiger partial charge >= 0.3 is 0 Å². The molecule has 0 heterocycles. The van der Waals surface area contributed by atoms with E-state index >= 15 is 0 Å². The molecule has 0 aliphatic rings. The van der Waals surface area contributed by atoms with E-state index in [2.05, 4.69) is 28.2 Å².